The number of halogens is 2. The van der Waals surface area contributed by atoms with E-state index >= 15 is 0 Å². The van der Waals surface area contributed by atoms with Gasteiger partial charge in [-0.3, -0.25) is 6.08 Å². The van der Waals surface area contributed by atoms with Gasteiger partial charge in [0.05, 0.1) is 0 Å². The molecule has 5 aromatic carbocycles. The van der Waals surface area contributed by atoms with E-state index in [0.717, 1.165) is 11.1 Å². The number of allylic oxidation sites excluding steroid dienone is 4. The molecule has 6 rings (SSSR count). The maximum Gasteiger partial charge on any atom is -0.0640 e. The van der Waals surface area contributed by atoms with Crippen molar-refractivity contribution in [1.82, 2.24) is 0 Å². The van der Waals surface area contributed by atoms with Crippen LogP contribution in [0.4, 0.5) is 0 Å². The van der Waals surface area contributed by atoms with Crippen molar-refractivity contribution in [2.45, 2.75) is 86.5 Å². The van der Waals surface area contributed by atoms with Gasteiger partial charge in [0.1, 0.15) is 0 Å². The van der Waals surface area contributed by atoms with E-state index < -0.39 is 0 Å². The van der Waals surface area contributed by atoms with E-state index in [1.54, 1.807) is 0 Å². The van der Waals surface area contributed by atoms with Crippen LogP contribution in [-0.2, 0) is 35.1 Å². The van der Waals surface area contributed by atoms with Gasteiger partial charge in [-0.25, -0.2) is 6.08 Å². The summed E-state index contributed by atoms with van der Waals surface area (Å²) in [4.78, 5) is 0. The van der Waals surface area contributed by atoms with E-state index in [0.29, 0.717) is 11.3 Å². The van der Waals surface area contributed by atoms with Crippen molar-refractivity contribution in [3.63, 3.8) is 0 Å². The summed E-state index contributed by atoms with van der Waals surface area (Å²) in [6.45, 7) is 30.1. The third kappa shape index (κ3) is 11.8. The molecule has 0 N–H and O–H groups in total. The molecular formula is C49H56Cl2Zr-2. The van der Waals surface area contributed by atoms with Crippen LogP contribution in [0.3, 0.4) is 0 Å². The maximum atomic E-state index is 3.82. The summed E-state index contributed by atoms with van der Waals surface area (Å²) in [7, 11) is 0. The molecule has 272 valence electrons. The van der Waals surface area contributed by atoms with Crippen LogP contribution in [0.2, 0.25) is 0 Å². The molecule has 1 unspecified atom stereocenters. The van der Waals surface area contributed by atoms with Crippen molar-refractivity contribution in [3.05, 3.63) is 161 Å². The first-order valence-electron chi connectivity index (χ1n) is 17.9. The summed E-state index contributed by atoms with van der Waals surface area (Å²) < 4.78 is 1.42. The molecular weight excluding hydrogens is 751 g/mol. The minimum atomic E-state index is 0. The number of benzene rings is 4. The maximum absolute atomic E-state index is 3.82. The number of hydrogen-bond acceptors (Lipinski definition) is 0. The van der Waals surface area contributed by atoms with E-state index in [9.17, 15) is 0 Å². The second-order valence-corrected chi connectivity index (χ2v) is 17.7. The molecule has 1 atom stereocenters. The summed E-state index contributed by atoms with van der Waals surface area (Å²) in [5.41, 5.74) is 9.96. The van der Waals surface area contributed by atoms with E-state index in [1.165, 1.54) is 83.2 Å². The van der Waals surface area contributed by atoms with Gasteiger partial charge in [-0.1, -0.05) is 95.0 Å². The molecule has 52 heavy (non-hydrogen) atoms. The van der Waals surface area contributed by atoms with E-state index in [2.05, 4.69) is 192 Å². The van der Waals surface area contributed by atoms with Gasteiger partial charge in [0, 0.05) is 0 Å². The molecule has 1 aliphatic carbocycles. The summed E-state index contributed by atoms with van der Waals surface area (Å²) >= 11 is 1.46. The zero-order chi connectivity index (χ0) is 36.9. The largest absolute Gasteiger partial charge is 1.00 e. The fraction of sp³-hybridized carbons (Fsp3) is 0.306. The monoisotopic (exact) mass is 804 g/mol. The number of hydrogen-bond donors (Lipinski definition) is 0. The van der Waals surface area contributed by atoms with E-state index in [-0.39, 0.29) is 35.6 Å². The molecule has 0 amide bonds. The van der Waals surface area contributed by atoms with Crippen molar-refractivity contribution in [2.75, 3.05) is 0 Å². The van der Waals surface area contributed by atoms with Crippen LogP contribution in [0.1, 0.15) is 109 Å². The van der Waals surface area contributed by atoms with Crippen LogP contribution in [0, 0.1) is 17.4 Å². The molecule has 0 fully saturated rings. The van der Waals surface area contributed by atoms with Crippen molar-refractivity contribution in [2.24, 2.45) is 11.3 Å². The van der Waals surface area contributed by atoms with Crippen molar-refractivity contribution < 1.29 is 49.0 Å². The van der Waals surface area contributed by atoms with Gasteiger partial charge in [-0.15, -0.1) is 39.7 Å². The zero-order valence-corrected chi connectivity index (χ0v) is 36.9. The van der Waals surface area contributed by atoms with Crippen LogP contribution in [-0.4, -0.2) is 3.21 Å². The van der Waals surface area contributed by atoms with Gasteiger partial charge in [0.2, 0.25) is 0 Å². The van der Waals surface area contributed by atoms with Crippen LogP contribution in [0.5, 0.6) is 0 Å². The summed E-state index contributed by atoms with van der Waals surface area (Å²) in [6, 6.07) is 33.2. The Morgan fingerprint density at radius 2 is 1.06 bits per heavy atom. The van der Waals surface area contributed by atoms with Crippen LogP contribution in [0.15, 0.2) is 122 Å². The Morgan fingerprint density at radius 3 is 1.35 bits per heavy atom. The molecule has 1 aliphatic rings. The molecule has 0 aliphatic heterocycles. The van der Waals surface area contributed by atoms with Crippen molar-refractivity contribution in [3.8, 4) is 0 Å². The molecule has 0 radical (unpaired) electrons. The third-order valence-corrected chi connectivity index (χ3v) is 10.9. The Hall–Kier alpha value is -2.96. The Labute approximate surface area is 342 Å². The molecule has 0 aromatic heterocycles. The van der Waals surface area contributed by atoms with Gasteiger partial charge in [0.25, 0.3) is 0 Å². The summed E-state index contributed by atoms with van der Waals surface area (Å²) in [6.07, 6.45) is 12.8. The Balaban J connectivity index is 0.000000279. The predicted molar refractivity (Wildman–Crippen MR) is 220 cm³/mol. The number of rotatable bonds is 5. The minimum absolute atomic E-state index is 0. The molecule has 0 saturated carbocycles. The molecule has 0 bridgehead atoms. The quantitative estimate of drug-likeness (QED) is 0.160. The first-order valence-corrected chi connectivity index (χ1v) is 19.2. The summed E-state index contributed by atoms with van der Waals surface area (Å²) in [5, 5.41) is 5.15. The first kappa shape index (κ1) is 45.2. The van der Waals surface area contributed by atoms with Gasteiger partial charge >= 0.3 is 151 Å². The molecule has 0 nitrogen and oxygen atoms in total. The standard InChI is InChI=1S/C21H26.C17H13.C11H17.2ClH.Zr/c1-20(2,3)18-11-7-16(8-12-18)15-17-9-13-19(14-10-17)21(4,5)6;1-3-12-5-7-14-11-15-8-6-13(4-2)10-17(15)16(14)9-12;1-5-9-6-7-10(8-9)11(2,3)4;;;/h7-14H,1-6H3;3-11H,1-2H2;7-9H,5H2,1-4H3;2*1H;/q;2*-1;;;+2/p-2. The van der Waals surface area contributed by atoms with Crippen molar-refractivity contribution in [1.29, 1.82) is 0 Å². The molecule has 3 heteroatoms. The van der Waals surface area contributed by atoms with Gasteiger partial charge in [0.15, 0.2) is 0 Å². The predicted octanol–water partition coefficient (Wildman–Crippen LogP) is 7.76. The van der Waals surface area contributed by atoms with Crippen molar-refractivity contribution >= 4 is 36.9 Å². The normalized spacial score (nSPS) is 13.8. The molecule has 0 saturated heterocycles. The molecule has 0 heterocycles. The summed E-state index contributed by atoms with van der Waals surface area (Å²) in [5.74, 6) is 0.573. The van der Waals surface area contributed by atoms with Crippen LogP contribution in [0.25, 0.3) is 33.7 Å². The van der Waals surface area contributed by atoms with E-state index in [4.69, 9.17) is 0 Å². The van der Waals surface area contributed by atoms with Crippen LogP contribution >= 0.6 is 0 Å². The van der Waals surface area contributed by atoms with Crippen LogP contribution < -0.4 is 24.8 Å². The molecule has 5 aromatic rings. The topological polar surface area (TPSA) is 0 Å². The SMILES string of the molecule is C=Cc1ccc2[cH-]c3ccc(C=C)cc3c2c1.CC(C)(C)c1ccc([C](=[Zr+2])c2ccc(C(C)(C)C)cc2)cc1.CCC1[C-]=CC(C(C)(C)C)=C1.[Cl-].[Cl-]. The average molecular weight is 807 g/mol. The fourth-order valence-corrected chi connectivity index (χ4v) is 6.76. The Morgan fingerprint density at radius 1 is 0.654 bits per heavy atom. The average Bonchev–Trinajstić information content (AvgIpc) is 3.73. The third-order valence-electron chi connectivity index (χ3n) is 9.45. The fourth-order valence-electron chi connectivity index (χ4n) is 5.94. The smallest absolute Gasteiger partial charge is 0.0640 e. The zero-order valence-electron chi connectivity index (χ0n) is 32.9. The van der Waals surface area contributed by atoms with Gasteiger partial charge < -0.3 is 24.8 Å². The molecule has 0 spiro atoms. The second-order valence-electron chi connectivity index (χ2n) is 16.5. The van der Waals surface area contributed by atoms with Gasteiger partial charge in [-0.05, 0) is 11.1 Å². The van der Waals surface area contributed by atoms with E-state index in [1.807, 2.05) is 12.2 Å². The Bertz CT molecular complexity index is 1890. The number of fused-ring (bicyclic) bond motifs is 3. The minimum Gasteiger partial charge on any atom is -1.00 e. The van der Waals surface area contributed by atoms with Gasteiger partial charge in [-0.2, -0.15) is 11.6 Å². The Kier molecular flexibility index (Phi) is 16.4. The second kappa shape index (κ2) is 18.9. The first-order chi connectivity index (χ1) is 23.4.